The highest BCUT2D eigenvalue weighted by Gasteiger charge is 2.41. The van der Waals surface area contributed by atoms with E-state index in [1.807, 2.05) is 0 Å². The zero-order valence-corrected chi connectivity index (χ0v) is 9.61. The van der Waals surface area contributed by atoms with Gasteiger partial charge in [0.2, 0.25) is 0 Å². The molecular formula is C9H13F3N4O2. The summed E-state index contributed by atoms with van der Waals surface area (Å²) in [5.74, 6) is -1.51. The van der Waals surface area contributed by atoms with Crippen LogP contribution in [0.3, 0.4) is 0 Å². The SMILES string of the molecule is CC(CCO)Cn1nnc(C(N)=O)c1C(F)(F)F. The zero-order valence-electron chi connectivity index (χ0n) is 9.61. The maximum absolute atomic E-state index is 12.8. The summed E-state index contributed by atoms with van der Waals surface area (Å²) in [6.45, 7) is 1.41. The quantitative estimate of drug-likeness (QED) is 0.807. The zero-order chi connectivity index (χ0) is 13.9. The maximum Gasteiger partial charge on any atom is 0.435 e. The van der Waals surface area contributed by atoms with E-state index in [0.29, 0.717) is 11.1 Å². The van der Waals surface area contributed by atoms with Crippen LogP contribution in [0.25, 0.3) is 0 Å². The lowest BCUT2D eigenvalue weighted by Crippen LogP contribution is -2.23. The summed E-state index contributed by atoms with van der Waals surface area (Å²) in [6.07, 6.45) is -4.43. The Hall–Kier alpha value is -1.64. The molecule has 0 bridgehead atoms. The molecule has 1 heterocycles. The van der Waals surface area contributed by atoms with E-state index >= 15 is 0 Å². The number of aliphatic hydroxyl groups excluding tert-OH is 1. The number of carbonyl (C=O) groups excluding carboxylic acids is 1. The number of aliphatic hydroxyl groups is 1. The van der Waals surface area contributed by atoms with E-state index in [9.17, 15) is 18.0 Å². The molecule has 102 valence electrons. The molecule has 0 aromatic carbocycles. The third-order valence-corrected chi connectivity index (χ3v) is 2.34. The molecule has 3 N–H and O–H groups in total. The number of alkyl halides is 3. The van der Waals surface area contributed by atoms with Gasteiger partial charge in [-0.1, -0.05) is 12.1 Å². The first-order chi connectivity index (χ1) is 8.27. The first kappa shape index (κ1) is 14.4. The third-order valence-electron chi connectivity index (χ3n) is 2.34. The van der Waals surface area contributed by atoms with Crippen LogP contribution < -0.4 is 5.73 Å². The molecule has 1 atom stereocenters. The van der Waals surface area contributed by atoms with Gasteiger partial charge in [0, 0.05) is 13.2 Å². The van der Waals surface area contributed by atoms with Crippen molar-refractivity contribution in [3.8, 4) is 0 Å². The number of hydrogen-bond donors (Lipinski definition) is 2. The number of halogens is 3. The number of hydrogen-bond acceptors (Lipinski definition) is 4. The molecule has 0 radical (unpaired) electrons. The fourth-order valence-electron chi connectivity index (χ4n) is 1.49. The number of nitrogens with zero attached hydrogens (tertiary/aromatic N) is 3. The fraction of sp³-hybridized carbons (Fsp3) is 0.667. The second kappa shape index (κ2) is 5.34. The first-order valence-corrected chi connectivity index (χ1v) is 5.18. The average molecular weight is 266 g/mol. The molecule has 9 heteroatoms. The average Bonchev–Trinajstić information content (AvgIpc) is 2.61. The molecule has 1 rings (SSSR count). The van der Waals surface area contributed by atoms with E-state index in [-0.39, 0.29) is 19.1 Å². The van der Waals surface area contributed by atoms with Gasteiger partial charge in [0.05, 0.1) is 0 Å². The standard InChI is InChI=1S/C9H13F3N4O2/c1-5(2-3-17)4-16-7(9(10,11)12)6(8(13)18)14-15-16/h5,17H,2-4H2,1H3,(H2,13,18). The van der Waals surface area contributed by atoms with Gasteiger partial charge < -0.3 is 10.8 Å². The number of amides is 1. The molecule has 6 nitrogen and oxygen atoms in total. The molecule has 0 aliphatic rings. The number of aromatic nitrogens is 3. The van der Waals surface area contributed by atoms with Gasteiger partial charge in [0.15, 0.2) is 11.4 Å². The highest BCUT2D eigenvalue weighted by Crippen LogP contribution is 2.31. The third kappa shape index (κ3) is 3.19. The van der Waals surface area contributed by atoms with Gasteiger partial charge in [-0.3, -0.25) is 4.79 Å². The highest BCUT2D eigenvalue weighted by atomic mass is 19.4. The van der Waals surface area contributed by atoms with Crippen LogP contribution in [0.2, 0.25) is 0 Å². The molecule has 0 aliphatic carbocycles. The second-order valence-corrected chi connectivity index (χ2v) is 3.95. The second-order valence-electron chi connectivity index (χ2n) is 3.95. The topological polar surface area (TPSA) is 94.0 Å². The van der Waals surface area contributed by atoms with Crippen molar-refractivity contribution in [1.29, 1.82) is 0 Å². The van der Waals surface area contributed by atoms with E-state index < -0.39 is 23.5 Å². The van der Waals surface area contributed by atoms with Crippen molar-refractivity contribution in [3.63, 3.8) is 0 Å². The maximum atomic E-state index is 12.8. The Labute approximate surface area is 101 Å². The van der Waals surface area contributed by atoms with Gasteiger partial charge in [-0.15, -0.1) is 5.10 Å². The smallest absolute Gasteiger partial charge is 0.396 e. The molecule has 0 aliphatic heterocycles. The first-order valence-electron chi connectivity index (χ1n) is 5.18. The monoisotopic (exact) mass is 266 g/mol. The molecule has 1 aromatic rings. The molecule has 0 spiro atoms. The van der Waals surface area contributed by atoms with Crippen molar-refractivity contribution in [2.45, 2.75) is 26.1 Å². The molecule has 18 heavy (non-hydrogen) atoms. The minimum atomic E-state index is -4.76. The summed E-state index contributed by atoms with van der Waals surface area (Å²) in [5, 5.41) is 15.1. The number of primary amides is 1. The Bertz CT molecular complexity index is 430. The van der Waals surface area contributed by atoms with Crippen LogP contribution in [0.15, 0.2) is 0 Å². The summed E-state index contributed by atoms with van der Waals surface area (Å²) in [6, 6.07) is 0. The molecule has 0 fully saturated rings. The highest BCUT2D eigenvalue weighted by molar-refractivity contribution is 5.91. The van der Waals surface area contributed by atoms with Crippen molar-refractivity contribution < 1.29 is 23.1 Å². The van der Waals surface area contributed by atoms with E-state index in [0.717, 1.165) is 0 Å². The minimum Gasteiger partial charge on any atom is -0.396 e. The van der Waals surface area contributed by atoms with Gasteiger partial charge >= 0.3 is 6.18 Å². The molecule has 1 unspecified atom stereocenters. The van der Waals surface area contributed by atoms with Crippen LogP contribution in [-0.4, -0.2) is 32.6 Å². The van der Waals surface area contributed by atoms with Crippen LogP contribution >= 0.6 is 0 Å². The lowest BCUT2D eigenvalue weighted by molar-refractivity contribution is -0.144. The van der Waals surface area contributed by atoms with Crippen LogP contribution in [0.5, 0.6) is 0 Å². The Morgan fingerprint density at radius 1 is 1.56 bits per heavy atom. The molecule has 1 amide bonds. The summed E-state index contributed by atoms with van der Waals surface area (Å²) in [5.41, 5.74) is 2.68. The van der Waals surface area contributed by atoms with E-state index in [4.69, 9.17) is 10.8 Å². The number of rotatable bonds is 5. The van der Waals surface area contributed by atoms with Crippen molar-refractivity contribution >= 4 is 5.91 Å². The summed E-state index contributed by atoms with van der Waals surface area (Å²) in [4.78, 5) is 10.9. The van der Waals surface area contributed by atoms with Gasteiger partial charge in [-0.25, -0.2) is 4.68 Å². The summed E-state index contributed by atoms with van der Waals surface area (Å²) < 4.78 is 38.9. The van der Waals surface area contributed by atoms with Crippen molar-refractivity contribution in [3.05, 3.63) is 11.4 Å². The largest absolute Gasteiger partial charge is 0.435 e. The van der Waals surface area contributed by atoms with E-state index in [1.165, 1.54) is 0 Å². The summed E-state index contributed by atoms with van der Waals surface area (Å²) in [7, 11) is 0. The van der Waals surface area contributed by atoms with Crippen molar-refractivity contribution in [2.24, 2.45) is 11.7 Å². The molecule has 1 aromatic heterocycles. The normalized spacial score (nSPS) is 13.6. The van der Waals surface area contributed by atoms with E-state index in [1.54, 1.807) is 6.92 Å². The fourth-order valence-corrected chi connectivity index (χ4v) is 1.49. The predicted octanol–water partition coefficient (Wildman–Crippen LogP) is 0.414. The lowest BCUT2D eigenvalue weighted by atomic mass is 10.1. The van der Waals surface area contributed by atoms with Crippen LogP contribution in [-0.2, 0) is 12.7 Å². The molecular weight excluding hydrogens is 253 g/mol. The molecule has 0 saturated heterocycles. The Morgan fingerprint density at radius 3 is 2.61 bits per heavy atom. The van der Waals surface area contributed by atoms with Crippen molar-refractivity contribution in [2.75, 3.05) is 6.61 Å². The van der Waals surface area contributed by atoms with Crippen LogP contribution in [0, 0.1) is 5.92 Å². The van der Waals surface area contributed by atoms with Gasteiger partial charge in [0.1, 0.15) is 0 Å². The minimum absolute atomic E-state index is 0.102. The van der Waals surface area contributed by atoms with Crippen molar-refractivity contribution in [1.82, 2.24) is 15.0 Å². The van der Waals surface area contributed by atoms with Gasteiger partial charge in [0.25, 0.3) is 5.91 Å². The Morgan fingerprint density at radius 2 is 2.17 bits per heavy atom. The number of nitrogens with two attached hydrogens (primary N) is 1. The van der Waals surface area contributed by atoms with Gasteiger partial charge in [-0.2, -0.15) is 13.2 Å². The Balaban J connectivity index is 3.09. The number of carbonyl (C=O) groups is 1. The van der Waals surface area contributed by atoms with E-state index in [2.05, 4.69) is 10.3 Å². The molecule has 0 saturated carbocycles. The Kier molecular flexibility index (Phi) is 4.28. The van der Waals surface area contributed by atoms with Crippen LogP contribution in [0.1, 0.15) is 29.5 Å². The lowest BCUT2D eigenvalue weighted by Gasteiger charge is -2.13. The van der Waals surface area contributed by atoms with Crippen LogP contribution in [0.4, 0.5) is 13.2 Å². The summed E-state index contributed by atoms with van der Waals surface area (Å²) >= 11 is 0. The van der Waals surface area contributed by atoms with Gasteiger partial charge in [-0.05, 0) is 12.3 Å². The predicted molar refractivity (Wildman–Crippen MR) is 54.4 cm³/mol.